The molecule has 1 saturated heterocycles. The topological polar surface area (TPSA) is 78.0 Å². The Morgan fingerprint density at radius 1 is 0.939 bits per heavy atom. The fraction of sp³-hybridized carbons (Fsp3) is 0.360. The van der Waals surface area contributed by atoms with Crippen molar-refractivity contribution in [3.63, 3.8) is 0 Å². The summed E-state index contributed by atoms with van der Waals surface area (Å²) >= 11 is 0. The van der Waals surface area contributed by atoms with Gasteiger partial charge in [-0.3, -0.25) is 14.0 Å². The third-order valence-corrected chi connectivity index (χ3v) is 6.61. The average Bonchev–Trinajstić information content (AvgIpc) is 3.34. The molecule has 5 rings (SSSR count). The van der Waals surface area contributed by atoms with Crippen molar-refractivity contribution in [1.29, 1.82) is 0 Å². The van der Waals surface area contributed by atoms with E-state index < -0.39 is 0 Å². The monoisotopic (exact) mass is 444 g/mol. The first-order valence-electron chi connectivity index (χ1n) is 11.4. The van der Waals surface area contributed by atoms with Gasteiger partial charge in [0.1, 0.15) is 5.82 Å². The number of hydrogen-bond donors (Lipinski definition) is 0. The number of hydrogen-bond acceptors (Lipinski definition) is 4. The zero-order valence-electron chi connectivity index (χ0n) is 19.0. The molecule has 33 heavy (non-hydrogen) atoms. The standard InChI is InChI=1S/C25H28N6O2/c1-28-21-11-7-6-10-20(21)22(26-28)24(32)30-15-13-19(14-16-30)23-27-29(2)25(33)31(23)17-12-18-8-4-3-5-9-18/h3-11,19H,12-17H2,1-2H3. The van der Waals surface area contributed by atoms with Crippen molar-refractivity contribution in [2.75, 3.05) is 13.1 Å². The number of aryl methyl sites for hydroxylation is 3. The molecule has 0 unspecified atom stereocenters. The Bertz CT molecular complexity index is 1340. The second-order valence-corrected chi connectivity index (χ2v) is 8.71. The van der Waals surface area contributed by atoms with E-state index in [0.717, 1.165) is 36.0 Å². The number of nitrogens with zero attached hydrogens (tertiary/aromatic N) is 6. The molecule has 0 bridgehead atoms. The summed E-state index contributed by atoms with van der Waals surface area (Å²) in [5.41, 5.74) is 2.57. The number of amides is 1. The van der Waals surface area contributed by atoms with Crippen LogP contribution in [0.1, 0.15) is 40.6 Å². The maximum absolute atomic E-state index is 13.2. The Morgan fingerprint density at radius 2 is 1.64 bits per heavy atom. The van der Waals surface area contributed by atoms with Crippen molar-refractivity contribution in [1.82, 2.24) is 29.0 Å². The summed E-state index contributed by atoms with van der Waals surface area (Å²) in [6.07, 6.45) is 2.33. The third-order valence-electron chi connectivity index (χ3n) is 6.61. The molecule has 4 aromatic rings. The summed E-state index contributed by atoms with van der Waals surface area (Å²) < 4.78 is 4.99. The molecule has 1 amide bonds. The highest BCUT2D eigenvalue weighted by Gasteiger charge is 2.30. The highest BCUT2D eigenvalue weighted by atomic mass is 16.2. The molecule has 3 heterocycles. The van der Waals surface area contributed by atoms with Crippen molar-refractivity contribution >= 4 is 16.8 Å². The van der Waals surface area contributed by atoms with E-state index in [2.05, 4.69) is 22.3 Å². The Balaban J connectivity index is 1.30. The molecule has 1 aliphatic heterocycles. The van der Waals surface area contributed by atoms with Crippen LogP contribution in [0.15, 0.2) is 59.4 Å². The number of aromatic nitrogens is 5. The molecule has 0 aliphatic carbocycles. The van der Waals surface area contributed by atoms with E-state index in [0.29, 0.717) is 25.3 Å². The third kappa shape index (κ3) is 3.97. The van der Waals surface area contributed by atoms with Gasteiger partial charge in [-0.2, -0.15) is 10.2 Å². The van der Waals surface area contributed by atoms with Gasteiger partial charge in [-0.1, -0.05) is 48.5 Å². The molecular formula is C25H28N6O2. The minimum absolute atomic E-state index is 0.0345. The van der Waals surface area contributed by atoms with Gasteiger partial charge in [-0.05, 0) is 30.9 Å². The van der Waals surface area contributed by atoms with E-state index in [4.69, 9.17) is 0 Å². The van der Waals surface area contributed by atoms with Crippen molar-refractivity contribution < 1.29 is 4.79 Å². The molecule has 1 fully saturated rings. The van der Waals surface area contributed by atoms with Crippen molar-refractivity contribution in [3.05, 3.63) is 82.2 Å². The lowest BCUT2D eigenvalue weighted by Gasteiger charge is -2.31. The number of para-hydroxylation sites is 1. The van der Waals surface area contributed by atoms with Gasteiger partial charge in [0, 0.05) is 45.0 Å². The van der Waals surface area contributed by atoms with Gasteiger partial charge in [0.2, 0.25) is 0 Å². The summed E-state index contributed by atoms with van der Waals surface area (Å²) in [7, 11) is 3.57. The van der Waals surface area contributed by atoms with Gasteiger partial charge in [-0.25, -0.2) is 9.48 Å². The van der Waals surface area contributed by atoms with Crippen molar-refractivity contribution in [3.8, 4) is 0 Å². The Hall–Kier alpha value is -3.68. The maximum Gasteiger partial charge on any atom is 0.345 e. The van der Waals surface area contributed by atoms with Crippen molar-refractivity contribution in [2.45, 2.75) is 31.7 Å². The molecule has 8 nitrogen and oxygen atoms in total. The van der Waals surface area contributed by atoms with Gasteiger partial charge >= 0.3 is 5.69 Å². The fourth-order valence-corrected chi connectivity index (χ4v) is 4.78. The van der Waals surface area contributed by atoms with Crippen LogP contribution < -0.4 is 5.69 Å². The number of carbonyl (C=O) groups excluding carboxylic acids is 1. The normalized spacial score (nSPS) is 14.8. The Kier molecular flexibility index (Phi) is 5.58. The number of benzene rings is 2. The number of fused-ring (bicyclic) bond motifs is 1. The van der Waals surface area contributed by atoms with Crippen LogP contribution in [0.2, 0.25) is 0 Å². The van der Waals surface area contributed by atoms with E-state index in [9.17, 15) is 9.59 Å². The molecule has 0 spiro atoms. The summed E-state index contributed by atoms with van der Waals surface area (Å²) in [5.74, 6) is 0.945. The Labute approximate surface area is 192 Å². The molecule has 1 aliphatic rings. The van der Waals surface area contributed by atoms with Crippen LogP contribution in [0.5, 0.6) is 0 Å². The quantitative estimate of drug-likeness (QED) is 0.474. The highest BCUT2D eigenvalue weighted by Crippen LogP contribution is 2.28. The minimum atomic E-state index is -0.0839. The minimum Gasteiger partial charge on any atom is -0.337 e. The zero-order valence-corrected chi connectivity index (χ0v) is 19.0. The fourth-order valence-electron chi connectivity index (χ4n) is 4.78. The SMILES string of the molecule is Cn1nc(C2CCN(C(=O)c3nn(C)c4ccccc34)CC2)n(CCc2ccccc2)c1=O. The number of carbonyl (C=O) groups is 1. The van der Waals surface area contributed by atoms with Crippen LogP contribution in [0.4, 0.5) is 0 Å². The number of piperidine rings is 1. The van der Waals surface area contributed by atoms with Crippen LogP contribution in [-0.2, 0) is 27.1 Å². The van der Waals surface area contributed by atoms with Crippen LogP contribution in [0.3, 0.4) is 0 Å². The van der Waals surface area contributed by atoms with Gasteiger partial charge in [0.15, 0.2) is 5.69 Å². The first-order valence-corrected chi connectivity index (χ1v) is 11.4. The molecule has 0 saturated carbocycles. The van der Waals surface area contributed by atoms with E-state index in [1.54, 1.807) is 16.3 Å². The van der Waals surface area contributed by atoms with E-state index in [1.807, 2.05) is 54.4 Å². The molecule has 2 aromatic carbocycles. The highest BCUT2D eigenvalue weighted by molar-refractivity contribution is 6.04. The van der Waals surface area contributed by atoms with Crippen molar-refractivity contribution in [2.24, 2.45) is 14.1 Å². The van der Waals surface area contributed by atoms with Gasteiger partial charge in [0.05, 0.1) is 5.52 Å². The van der Waals surface area contributed by atoms with Gasteiger partial charge < -0.3 is 4.90 Å². The molecule has 170 valence electrons. The summed E-state index contributed by atoms with van der Waals surface area (Å²) in [5, 5.41) is 9.94. The first-order chi connectivity index (χ1) is 16.0. The molecule has 0 N–H and O–H groups in total. The average molecular weight is 445 g/mol. The van der Waals surface area contributed by atoms with Crippen LogP contribution in [0, 0.1) is 0 Å². The first kappa shape index (κ1) is 21.2. The van der Waals surface area contributed by atoms with Crippen LogP contribution >= 0.6 is 0 Å². The second kappa shape index (κ2) is 8.69. The molecule has 8 heteroatoms. The molecule has 2 aromatic heterocycles. The van der Waals surface area contributed by atoms with Gasteiger partial charge in [-0.15, -0.1) is 0 Å². The Morgan fingerprint density at radius 3 is 2.39 bits per heavy atom. The lowest BCUT2D eigenvalue weighted by atomic mass is 9.95. The molecule has 0 atom stereocenters. The maximum atomic E-state index is 13.2. The van der Waals surface area contributed by atoms with E-state index in [1.165, 1.54) is 10.2 Å². The number of rotatable bonds is 5. The largest absolute Gasteiger partial charge is 0.345 e. The lowest BCUT2D eigenvalue weighted by molar-refractivity contribution is 0.0705. The summed E-state index contributed by atoms with van der Waals surface area (Å²) in [6.45, 7) is 1.85. The van der Waals surface area contributed by atoms with E-state index >= 15 is 0 Å². The van der Waals surface area contributed by atoms with E-state index in [-0.39, 0.29) is 17.5 Å². The smallest absolute Gasteiger partial charge is 0.337 e. The predicted molar refractivity (Wildman–Crippen MR) is 126 cm³/mol. The molecule has 0 radical (unpaired) electrons. The predicted octanol–water partition coefficient (Wildman–Crippen LogP) is 2.73. The summed E-state index contributed by atoms with van der Waals surface area (Å²) in [6, 6.07) is 18.0. The second-order valence-electron chi connectivity index (χ2n) is 8.71. The molecular weight excluding hydrogens is 416 g/mol. The number of likely N-dealkylation sites (tertiary alicyclic amines) is 1. The zero-order chi connectivity index (χ0) is 22.9. The van der Waals surface area contributed by atoms with Gasteiger partial charge in [0.25, 0.3) is 5.91 Å². The van der Waals surface area contributed by atoms with Crippen LogP contribution in [0.25, 0.3) is 10.9 Å². The lowest BCUT2D eigenvalue weighted by Crippen LogP contribution is -2.39. The summed E-state index contributed by atoms with van der Waals surface area (Å²) in [4.78, 5) is 27.8. The van der Waals surface area contributed by atoms with Crippen LogP contribution in [-0.4, -0.2) is 48.0 Å².